The molecule has 0 aliphatic rings. The van der Waals surface area contributed by atoms with Gasteiger partial charge in [0.05, 0.1) is 6.42 Å². The molecule has 0 aromatic carbocycles. The lowest BCUT2D eigenvalue weighted by Gasteiger charge is -2.02. The average molecular weight is 232 g/mol. The second-order valence-electron chi connectivity index (χ2n) is 3.05. The molecule has 0 unspecified atom stereocenters. The maximum atomic E-state index is 11.3. The zero-order valence-electron chi connectivity index (χ0n) is 7.96. The average Bonchev–Trinajstić information content (AvgIpc) is 2.65. The molecule has 14 heavy (non-hydrogen) atoms. The number of rotatable bonds is 6. The summed E-state index contributed by atoms with van der Waals surface area (Å²) in [4.78, 5) is 11.3. The smallest absolute Gasteiger partial charge is 0.224 e. The Balaban J connectivity index is 2.11. The van der Waals surface area contributed by atoms with Gasteiger partial charge in [0.15, 0.2) is 0 Å². The van der Waals surface area contributed by atoms with Crippen LogP contribution in [-0.4, -0.2) is 18.3 Å². The molecule has 1 aromatic heterocycles. The highest BCUT2D eigenvalue weighted by Gasteiger charge is 2.01. The Bertz CT molecular complexity index is 261. The minimum absolute atomic E-state index is 0.0953. The van der Waals surface area contributed by atoms with Gasteiger partial charge in [-0.05, 0) is 35.2 Å². The van der Waals surface area contributed by atoms with E-state index in [1.807, 2.05) is 16.8 Å². The van der Waals surface area contributed by atoms with Crippen LogP contribution in [0.1, 0.15) is 18.4 Å². The molecule has 1 heterocycles. The van der Waals surface area contributed by atoms with Crippen molar-refractivity contribution in [2.45, 2.75) is 19.3 Å². The van der Waals surface area contributed by atoms with E-state index in [1.54, 1.807) is 11.3 Å². The van der Waals surface area contributed by atoms with Crippen molar-refractivity contribution in [3.8, 4) is 0 Å². The van der Waals surface area contributed by atoms with Crippen LogP contribution in [0.5, 0.6) is 0 Å². The number of thiophene rings is 1. The molecule has 0 spiro atoms. The summed E-state index contributed by atoms with van der Waals surface area (Å²) in [7, 11) is 0. The van der Waals surface area contributed by atoms with Crippen molar-refractivity contribution in [1.29, 1.82) is 0 Å². The Kier molecular flexibility index (Phi) is 5.64. The van der Waals surface area contributed by atoms with Gasteiger partial charge in [0.1, 0.15) is 0 Å². The van der Waals surface area contributed by atoms with Crippen LogP contribution in [0.2, 0.25) is 0 Å². The van der Waals surface area contributed by atoms with Gasteiger partial charge in [-0.2, -0.15) is 11.3 Å². The highest BCUT2D eigenvalue weighted by atomic mass is 35.5. The van der Waals surface area contributed by atoms with Crippen molar-refractivity contribution in [2.24, 2.45) is 0 Å². The number of hydrogen-bond donors (Lipinski definition) is 1. The van der Waals surface area contributed by atoms with Gasteiger partial charge in [-0.25, -0.2) is 0 Å². The van der Waals surface area contributed by atoms with Crippen LogP contribution in [-0.2, 0) is 11.2 Å². The first kappa shape index (κ1) is 11.5. The van der Waals surface area contributed by atoms with E-state index in [9.17, 15) is 4.79 Å². The van der Waals surface area contributed by atoms with Gasteiger partial charge < -0.3 is 5.32 Å². The molecule has 1 N–H and O–H groups in total. The molecule has 4 heteroatoms. The number of unbranched alkanes of at least 4 members (excludes halogenated alkanes) is 1. The predicted octanol–water partition coefficient (Wildman–Crippen LogP) is 2.43. The second-order valence-corrected chi connectivity index (χ2v) is 4.21. The summed E-state index contributed by atoms with van der Waals surface area (Å²) in [5.41, 5.74) is 1.09. The Morgan fingerprint density at radius 3 is 3.00 bits per heavy atom. The Hall–Kier alpha value is -0.540. The summed E-state index contributed by atoms with van der Waals surface area (Å²) in [6, 6.07) is 1.98. The van der Waals surface area contributed by atoms with Crippen LogP contribution in [0.15, 0.2) is 16.8 Å². The number of alkyl halides is 1. The zero-order valence-corrected chi connectivity index (χ0v) is 9.53. The lowest BCUT2D eigenvalue weighted by molar-refractivity contribution is -0.120. The Labute approximate surface area is 93.3 Å². The number of hydrogen-bond acceptors (Lipinski definition) is 2. The Morgan fingerprint density at radius 1 is 1.50 bits per heavy atom. The summed E-state index contributed by atoms with van der Waals surface area (Å²) in [5.74, 6) is 0.762. The quantitative estimate of drug-likeness (QED) is 0.591. The van der Waals surface area contributed by atoms with Gasteiger partial charge in [-0.1, -0.05) is 0 Å². The van der Waals surface area contributed by atoms with Crippen molar-refractivity contribution < 1.29 is 4.79 Å². The molecule has 0 radical (unpaired) electrons. The maximum Gasteiger partial charge on any atom is 0.224 e. The SMILES string of the molecule is O=C(Cc1ccsc1)NCCCCCl. The van der Waals surface area contributed by atoms with E-state index in [-0.39, 0.29) is 5.91 Å². The van der Waals surface area contributed by atoms with Gasteiger partial charge in [0.2, 0.25) is 5.91 Å². The monoisotopic (exact) mass is 231 g/mol. The lowest BCUT2D eigenvalue weighted by Crippen LogP contribution is -2.25. The molecule has 1 amide bonds. The van der Waals surface area contributed by atoms with Crippen molar-refractivity contribution in [1.82, 2.24) is 5.32 Å². The number of amides is 1. The highest BCUT2D eigenvalue weighted by Crippen LogP contribution is 2.06. The number of halogens is 1. The number of nitrogens with one attached hydrogen (secondary N) is 1. The maximum absolute atomic E-state index is 11.3. The fourth-order valence-electron chi connectivity index (χ4n) is 1.09. The standard InChI is InChI=1S/C10H14ClNOS/c11-4-1-2-5-12-10(13)7-9-3-6-14-8-9/h3,6,8H,1-2,4-5,7H2,(H,12,13). The molecular weight excluding hydrogens is 218 g/mol. The third-order valence-corrected chi connectivity index (χ3v) is 2.83. The lowest BCUT2D eigenvalue weighted by atomic mass is 10.2. The van der Waals surface area contributed by atoms with E-state index in [0.29, 0.717) is 12.3 Å². The molecule has 0 atom stereocenters. The molecule has 0 bridgehead atoms. The first-order valence-electron chi connectivity index (χ1n) is 4.66. The van der Waals surface area contributed by atoms with Crippen molar-refractivity contribution in [2.75, 3.05) is 12.4 Å². The third kappa shape index (κ3) is 4.63. The van der Waals surface area contributed by atoms with E-state index < -0.39 is 0 Å². The van der Waals surface area contributed by atoms with E-state index in [2.05, 4.69) is 5.32 Å². The van der Waals surface area contributed by atoms with Crippen LogP contribution in [0, 0.1) is 0 Å². The van der Waals surface area contributed by atoms with E-state index in [0.717, 1.165) is 24.9 Å². The fraction of sp³-hybridized carbons (Fsp3) is 0.500. The summed E-state index contributed by atoms with van der Waals surface area (Å²) < 4.78 is 0. The number of carbonyl (C=O) groups excluding carboxylic acids is 1. The largest absolute Gasteiger partial charge is 0.356 e. The summed E-state index contributed by atoms with van der Waals surface area (Å²) in [5, 5.41) is 6.84. The van der Waals surface area contributed by atoms with Gasteiger partial charge >= 0.3 is 0 Å². The van der Waals surface area contributed by atoms with E-state index >= 15 is 0 Å². The summed E-state index contributed by atoms with van der Waals surface area (Å²) in [6.45, 7) is 0.732. The number of carbonyl (C=O) groups is 1. The molecule has 0 saturated heterocycles. The van der Waals surface area contributed by atoms with Crippen LogP contribution in [0.25, 0.3) is 0 Å². The topological polar surface area (TPSA) is 29.1 Å². The molecule has 0 aliphatic heterocycles. The molecule has 2 nitrogen and oxygen atoms in total. The second kappa shape index (κ2) is 6.85. The molecular formula is C10H14ClNOS. The van der Waals surface area contributed by atoms with Gasteiger partial charge in [0.25, 0.3) is 0 Å². The normalized spacial score (nSPS) is 10.1. The minimum atomic E-state index is 0.0953. The zero-order chi connectivity index (χ0) is 10.2. The van der Waals surface area contributed by atoms with Crippen LogP contribution in [0.3, 0.4) is 0 Å². The first-order valence-corrected chi connectivity index (χ1v) is 6.14. The molecule has 78 valence electrons. The van der Waals surface area contributed by atoms with Crippen LogP contribution >= 0.6 is 22.9 Å². The van der Waals surface area contributed by atoms with Crippen molar-refractivity contribution in [3.63, 3.8) is 0 Å². The Morgan fingerprint density at radius 2 is 2.36 bits per heavy atom. The predicted molar refractivity (Wildman–Crippen MR) is 61.0 cm³/mol. The molecule has 0 aliphatic carbocycles. The van der Waals surface area contributed by atoms with Gasteiger partial charge in [0, 0.05) is 12.4 Å². The summed E-state index contributed by atoms with van der Waals surface area (Å²) in [6.07, 6.45) is 2.41. The van der Waals surface area contributed by atoms with Gasteiger partial charge in [-0.3, -0.25) is 4.79 Å². The molecule has 1 aromatic rings. The highest BCUT2D eigenvalue weighted by molar-refractivity contribution is 7.07. The van der Waals surface area contributed by atoms with Gasteiger partial charge in [-0.15, -0.1) is 11.6 Å². The van der Waals surface area contributed by atoms with Crippen molar-refractivity contribution >= 4 is 28.8 Å². The fourth-order valence-corrected chi connectivity index (χ4v) is 1.95. The van der Waals surface area contributed by atoms with Crippen LogP contribution in [0.4, 0.5) is 0 Å². The van der Waals surface area contributed by atoms with E-state index in [1.165, 1.54) is 0 Å². The van der Waals surface area contributed by atoms with E-state index in [4.69, 9.17) is 11.6 Å². The molecule has 0 fully saturated rings. The first-order chi connectivity index (χ1) is 6.83. The molecule has 1 rings (SSSR count). The van der Waals surface area contributed by atoms with Crippen LogP contribution < -0.4 is 5.32 Å². The third-order valence-electron chi connectivity index (χ3n) is 1.83. The summed E-state index contributed by atoms with van der Waals surface area (Å²) >= 11 is 7.14. The van der Waals surface area contributed by atoms with Crippen molar-refractivity contribution in [3.05, 3.63) is 22.4 Å². The minimum Gasteiger partial charge on any atom is -0.356 e. The molecule has 0 saturated carbocycles.